The Morgan fingerprint density at radius 1 is 1.20 bits per heavy atom. The predicted octanol–water partition coefficient (Wildman–Crippen LogP) is 2.61. The molecule has 0 amide bonds. The number of aromatic amines is 1. The second-order valence-corrected chi connectivity index (χ2v) is 5.31. The number of hydrogen-bond donors (Lipinski definition) is 2. The molecule has 8 nitrogen and oxygen atoms in total. The number of benzene rings is 1. The van der Waals surface area contributed by atoms with Gasteiger partial charge in [-0.2, -0.15) is 14.9 Å². The summed E-state index contributed by atoms with van der Waals surface area (Å²) in [4.78, 5) is 3.98. The molecule has 0 aliphatic carbocycles. The molecule has 0 saturated carbocycles. The molecule has 0 bridgehead atoms. The van der Waals surface area contributed by atoms with Gasteiger partial charge in [-0.25, -0.2) is 5.10 Å². The first kappa shape index (κ1) is 16.7. The van der Waals surface area contributed by atoms with E-state index in [-0.39, 0.29) is 17.2 Å². The van der Waals surface area contributed by atoms with Crippen molar-refractivity contribution < 1.29 is 14.6 Å². The van der Waals surface area contributed by atoms with E-state index in [0.29, 0.717) is 16.2 Å². The van der Waals surface area contributed by atoms with Crippen molar-refractivity contribution in [3.05, 3.63) is 47.0 Å². The van der Waals surface area contributed by atoms with Gasteiger partial charge in [-0.15, -0.1) is 0 Å². The number of hydrogen-bond acceptors (Lipinski definition) is 7. The largest absolute Gasteiger partial charge is 0.502 e. The lowest BCUT2D eigenvalue weighted by molar-refractivity contribution is 0.340. The molecule has 2 aromatic heterocycles. The number of nitrogens with zero attached hydrogens (tertiary/aromatic N) is 4. The van der Waals surface area contributed by atoms with Gasteiger partial charge >= 0.3 is 0 Å². The first-order valence-corrected chi connectivity index (χ1v) is 7.62. The van der Waals surface area contributed by atoms with Crippen molar-refractivity contribution >= 4 is 18.4 Å². The Hall–Kier alpha value is -3.20. The number of phenolic OH excluding ortho intramolecular Hbond substituents is 1. The Balaban J connectivity index is 2.01. The van der Waals surface area contributed by atoms with Crippen LogP contribution in [-0.2, 0) is 0 Å². The highest BCUT2D eigenvalue weighted by Crippen LogP contribution is 2.36. The lowest BCUT2D eigenvalue weighted by atomic mass is 10.2. The predicted molar refractivity (Wildman–Crippen MR) is 94.8 cm³/mol. The van der Waals surface area contributed by atoms with Gasteiger partial charge in [0.15, 0.2) is 17.3 Å². The first-order valence-electron chi connectivity index (χ1n) is 7.21. The van der Waals surface area contributed by atoms with Crippen LogP contribution in [-0.4, -0.2) is 45.4 Å². The number of pyridine rings is 1. The van der Waals surface area contributed by atoms with Crippen molar-refractivity contribution in [2.75, 3.05) is 14.2 Å². The van der Waals surface area contributed by atoms with E-state index in [1.54, 1.807) is 30.7 Å². The summed E-state index contributed by atoms with van der Waals surface area (Å²) < 4.78 is 12.1. The van der Waals surface area contributed by atoms with Crippen LogP contribution in [0.2, 0.25) is 0 Å². The van der Waals surface area contributed by atoms with Crippen molar-refractivity contribution in [1.29, 1.82) is 0 Å². The maximum atomic E-state index is 9.97. The summed E-state index contributed by atoms with van der Waals surface area (Å²) in [6, 6.07) is 6.89. The Kier molecular flexibility index (Phi) is 4.75. The highest BCUT2D eigenvalue weighted by molar-refractivity contribution is 7.71. The maximum Gasteiger partial charge on any atom is 0.216 e. The fourth-order valence-corrected chi connectivity index (χ4v) is 2.38. The summed E-state index contributed by atoms with van der Waals surface area (Å²) in [5.41, 5.74) is 1.48. The van der Waals surface area contributed by atoms with Gasteiger partial charge in [0.2, 0.25) is 10.5 Å². The summed E-state index contributed by atoms with van der Waals surface area (Å²) in [5, 5.41) is 21.3. The van der Waals surface area contributed by atoms with Gasteiger partial charge in [-0.3, -0.25) is 4.98 Å². The zero-order valence-corrected chi connectivity index (χ0v) is 14.3. The molecule has 0 atom stereocenters. The lowest BCUT2D eigenvalue weighted by Crippen LogP contribution is -1.96. The van der Waals surface area contributed by atoms with Crippen molar-refractivity contribution in [1.82, 2.24) is 19.9 Å². The minimum atomic E-state index is -0.0699. The molecule has 128 valence electrons. The molecule has 0 saturated heterocycles. The van der Waals surface area contributed by atoms with E-state index in [4.69, 9.17) is 21.7 Å². The zero-order chi connectivity index (χ0) is 17.8. The third kappa shape index (κ3) is 3.36. The van der Waals surface area contributed by atoms with Crippen LogP contribution in [0.15, 0.2) is 41.8 Å². The van der Waals surface area contributed by atoms with Crippen LogP contribution in [0.1, 0.15) is 5.56 Å². The van der Waals surface area contributed by atoms with E-state index in [1.165, 1.54) is 18.9 Å². The molecule has 1 aromatic carbocycles. The van der Waals surface area contributed by atoms with E-state index < -0.39 is 0 Å². The summed E-state index contributed by atoms with van der Waals surface area (Å²) in [6.45, 7) is 0. The fraction of sp³-hybridized carbons (Fsp3) is 0.125. The van der Waals surface area contributed by atoms with Crippen LogP contribution in [0.5, 0.6) is 17.2 Å². The summed E-state index contributed by atoms with van der Waals surface area (Å²) in [5.74, 6) is 1.05. The second-order valence-electron chi connectivity index (χ2n) is 4.92. The third-order valence-electron chi connectivity index (χ3n) is 3.41. The van der Waals surface area contributed by atoms with Gasteiger partial charge in [0, 0.05) is 23.5 Å². The summed E-state index contributed by atoms with van der Waals surface area (Å²) in [6.07, 6.45) is 4.90. The number of H-pyrrole nitrogens is 1. The summed E-state index contributed by atoms with van der Waals surface area (Å²) >= 11 is 5.23. The first-order chi connectivity index (χ1) is 12.1. The van der Waals surface area contributed by atoms with E-state index in [0.717, 1.165) is 5.56 Å². The Morgan fingerprint density at radius 3 is 2.44 bits per heavy atom. The minimum absolute atomic E-state index is 0.0699. The van der Waals surface area contributed by atoms with E-state index in [2.05, 4.69) is 20.3 Å². The lowest BCUT2D eigenvalue weighted by Gasteiger charge is -2.09. The molecule has 0 radical (unpaired) electrons. The summed E-state index contributed by atoms with van der Waals surface area (Å²) in [7, 11) is 2.92. The van der Waals surface area contributed by atoms with Crippen LogP contribution in [0.25, 0.3) is 11.4 Å². The molecule has 9 heteroatoms. The Morgan fingerprint density at radius 2 is 1.84 bits per heavy atom. The van der Waals surface area contributed by atoms with E-state index >= 15 is 0 Å². The van der Waals surface area contributed by atoms with Crippen LogP contribution in [0, 0.1) is 4.77 Å². The molecule has 25 heavy (non-hydrogen) atoms. The number of phenols is 1. The third-order valence-corrected chi connectivity index (χ3v) is 3.68. The molecule has 0 fully saturated rings. The molecular formula is C16H15N5O3S. The quantitative estimate of drug-likeness (QED) is 0.538. The van der Waals surface area contributed by atoms with Crippen LogP contribution in [0.4, 0.5) is 0 Å². The van der Waals surface area contributed by atoms with Gasteiger partial charge in [0.1, 0.15) is 0 Å². The molecule has 3 aromatic rings. The van der Waals surface area contributed by atoms with Crippen LogP contribution >= 0.6 is 12.2 Å². The normalized spacial score (nSPS) is 11.0. The molecule has 2 N–H and O–H groups in total. The number of aromatic nitrogens is 4. The monoisotopic (exact) mass is 357 g/mol. The number of ether oxygens (including phenoxy) is 2. The SMILES string of the molecule is COc1cc(/C=N\n2c(-c3ccncc3)n[nH]c2=S)cc(OC)c1O. The molecule has 0 unspecified atom stereocenters. The fourth-order valence-electron chi connectivity index (χ4n) is 2.20. The average Bonchev–Trinajstić information content (AvgIpc) is 3.02. The Labute approximate surface area is 148 Å². The number of aromatic hydroxyl groups is 1. The molecule has 3 rings (SSSR count). The van der Waals surface area contributed by atoms with Crippen molar-refractivity contribution in [2.24, 2.45) is 5.10 Å². The van der Waals surface area contributed by atoms with Crippen molar-refractivity contribution in [3.63, 3.8) is 0 Å². The van der Waals surface area contributed by atoms with E-state index in [9.17, 15) is 5.11 Å². The topological polar surface area (TPSA) is 97.6 Å². The van der Waals surface area contributed by atoms with Crippen LogP contribution < -0.4 is 9.47 Å². The maximum absolute atomic E-state index is 9.97. The van der Waals surface area contributed by atoms with Crippen molar-refractivity contribution in [2.45, 2.75) is 0 Å². The molecule has 0 aliphatic rings. The van der Waals surface area contributed by atoms with Gasteiger partial charge in [-0.1, -0.05) is 0 Å². The Bertz CT molecular complexity index is 940. The van der Waals surface area contributed by atoms with Crippen LogP contribution in [0.3, 0.4) is 0 Å². The van der Waals surface area contributed by atoms with Gasteiger partial charge in [0.25, 0.3) is 0 Å². The molecule has 0 spiro atoms. The second kappa shape index (κ2) is 7.14. The number of nitrogens with one attached hydrogen (secondary N) is 1. The number of rotatable bonds is 5. The zero-order valence-electron chi connectivity index (χ0n) is 13.5. The minimum Gasteiger partial charge on any atom is -0.502 e. The van der Waals surface area contributed by atoms with Gasteiger partial charge in [-0.05, 0) is 36.5 Å². The van der Waals surface area contributed by atoms with E-state index in [1.807, 2.05) is 12.1 Å². The average molecular weight is 357 g/mol. The standard InChI is InChI=1S/C16H15N5O3S/c1-23-12-7-10(8-13(24-2)14(12)22)9-18-21-15(19-20-16(21)25)11-3-5-17-6-4-11/h3-9,22H,1-2H3,(H,20,25)/b18-9-. The van der Waals surface area contributed by atoms with Crippen molar-refractivity contribution in [3.8, 4) is 28.6 Å². The highest BCUT2D eigenvalue weighted by Gasteiger charge is 2.11. The molecular weight excluding hydrogens is 342 g/mol. The van der Waals surface area contributed by atoms with Gasteiger partial charge in [0.05, 0.1) is 20.4 Å². The molecule has 2 heterocycles. The molecule has 0 aliphatic heterocycles. The number of methoxy groups -OCH3 is 2. The van der Waals surface area contributed by atoms with Gasteiger partial charge < -0.3 is 14.6 Å². The smallest absolute Gasteiger partial charge is 0.216 e. The highest BCUT2D eigenvalue weighted by atomic mass is 32.1.